The van der Waals surface area contributed by atoms with Crippen LogP contribution in [0.15, 0.2) is 27.0 Å². The fourth-order valence-corrected chi connectivity index (χ4v) is 5.79. The van der Waals surface area contributed by atoms with E-state index in [1.54, 1.807) is 6.26 Å². The van der Waals surface area contributed by atoms with Crippen molar-refractivity contribution in [2.75, 3.05) is 6.54 Å². The normalized spacial score (nSPS) is 12.3. The van der Waals surface area contributed by atoms with Crippen LogP contribution in [-0.2, 0) is 0 Å². The molecule has 0 amide bonds. The van der Waals surface area contributed by atoms with E-state index in [-0.39, 0.29) is 6.54 Å². The summed E-state index contributed by atoms with van der Waals surface area (Å²) in [6.07, 6.45) is 1.63. The molecular formula is C12H20N6OSi. The van der Waals surface area contributed by atoms with Crippen LogP contribution in [0.1, 0.15) is 32.4 Å². The largest absolute Gasteiger partial charge is 0.474 e. The van der Waals surface area contributed by atoms with Gasteiger partial charge in [0.1, 0.15) is 8.07 Å². The van der Waals surface area contributed by atoms with Crippen LogP contribution in [0.25, 0.3) is 20.9 Å². The molecule has 0 saturated carbocycles. The highest BCUT2D eigenvalue weighted by Crippen LogP contribution is 2.24. The Balaban J connectivity index is 3.10. The molecule has 1 unspecified atom stereocenters. The van der Waals surface area contributed by atoms with Crippen LogP contribution in [0.2, 0.25) is 18.1 Å². The standard InChI is InChI=1S/C12H20N6OSi/c1-4-20(5-2,6-3)12-7-10(9-19-12)11(16-18-14)8-15-17-13/h7,9,11H,4-6,8H2,1-3H3. The van der Waals surface area contributed by atoms with Crippen molar-refractivity contribution in [2.45, 2.75) is 44.9 Å². The van der Waals surface area contributed by atoms with Gasteiger partial charge in [-0.2, -0.15) is 0 Å². The minimum Gasteiger partial charge on any atom is -0.474 e. The van der Waals surface area contributed by atoms with Crippen molar-refractivity contribution in [2.24, 2.45) is 10.2 Å². The molecule has 0 fully saturated rings. The Labute approximate surface area is 119 Å². The zero-order valence-corrected chi connectivity index (χ0v) is 13.2. The van der Waals surface area contributed by atoms with Gasteiger partial charge in [-0.05, 0) is 22.7 Å². The number of azide groups is 2. The third-order valence-corrected chi connectivity index (χ3v) is 9.43. The fourth-order valence-electron chi connectivity index (χ4n) is 2.46. The minimum atomic E-state index is -1.58. The van der Waals surface area contributed by atoms with Crippen molar-refractivity contribution in [3.05, 3.63) is 38.8 Å². The summed E-state index contributed by atoms with van der Waals surface area (Å²) >= 11 is 0. The molecule has 8 heteroatoms. The average molecular weight is 292 g/mol. The molecule has 0 aliphatic carbocycles. The van der Waals surface area contributed by atoms with E-state index in [1.165, 1.54) is 0 Å². The predicted octanol–water partition coefficient (Wildman–Crippen LogP) is 4.66. The quantitative estimate of drug-likeness (QED) is 0.295. The zero-order chi connectivity index (χ0) is 15.0. The van der Waals surface area contributed by atoms with Crippen molar-refractivity contribution in [1.29, 1.82) is 0 Å². The highest BCUT2D eigenvalue weighted by Gasteiger charge is 2.33. The van der Waals surface area contributed by atoms with Gasteiger partial charge in [-0.15, -0.1) is 0 Å². The van der Waals surface area contributed by atoms with E-state index < -0.39 is 14.1 Å². The Kier molecular flexibility index (Phi) is 6.18. The summed E-state index contributed by atoms with van der Waals surface area (Å²) in [7, 11) is -1.58. The molecule has 7 nitrogen and oxygen atoms in total. The Morgan fingerprint density at radius 1 is 1.20 bits per heavy atom. The molecule has 0 radical (unpaired) electrons. The molecule has 1 heterocycles. The van der Waals surface area contributed by atoms with Crippen molar-refractivity contribution in [1.82, 2.24) is 0 Å². The lowest BCUT2D eigenvalue weighted by atomic mass is 10.2. The molecule has 0 spiro atoms. The highest BCUT2D eigenvalue weighted by atomic mass is 28.3. The highest BCUT2D eigenvalue weighted by molar-refractivity contribution is 6.90. The molecular weight excluding hydrogens is 272 g/mol. The van der Waals surface area contributed by atoms with Crippen LogP contribution >= 0.6 is 0 Å². The van der Waals surface area contributed by atoms with Gasteiger partial charge in [-0.3, -0.25) is 0 Å². The second-order valence-corrected chi connectivity index (χ2v) is 9.89. The van der Waals surface area contributed by atoms with E-state index in [2.05, 4.69) is 40.8 Å². The molecule has 0 aliphatic rings. The second-order valence-electron chi connectivity index (χ2n) is 4.72. The summed E-state index contributed by atoms with van der Waals surface area (Å²) in [5.74, 6) is 0. The van der Waals surface area contributed by atoms with Crippen LogP contribution in [-0.4, -0.2) is 14.6 Å². The molecule has 0 N–H and O–H groups in total. The van der Waals surface area contributed by atoms with Crippen molar-refractivity contribution in [3.63, 3.8) is 0 Å². The SMILES string of the molecule is CC[Si](CC)(CC)c1cc(C(CN=[N+]=[N-])N=[N+]=[N-])co1. The van der Waals surface area contributed by atoms with E-state index in [0.717, 1.165) is 29.1 Å². The number of nitrogens with zero attached hydrogens (tertiary/aromatic N) is 6. The van der Waals surface area contributed by atoms with Gasteiger partial charge in [0.15, 0.2) is 0 Å². The Bertz CT molecular complexity index is 518. The average Bonchev–Trinajstić information content (AvgIpc) is 2.96. The van der Waals surface area contributed by atoms with Gasteiger partial charge in [-0.25, -0.2) is 0 Å². The van der Waals surface area contributed by atoms with Crippen molar-refractivity contribution < 1.29 is 4.42 Å². The lowest BCUT2D eigenvalue weighted by Crippen LogP contribution is -2.44. The molecule has 108 valence electrons. The van der Waals surface area contributed by atoms with Gasteiger partial charge in [0.25, 0.3) is 0 Å². The van der Waals surface area contributed by atoms with Crippen molar-refractivity contribution >= 4 is 13.5 Å². The smallest absolute Gasteiger partial charge is 0.131 e. The van der Waals surface area contributed by atoms with Crippen LogP contribution in [0.5, 0.6) is 0 Å². The maximum absolute atomic E-state index is 8.60. The Morgan fingerprint density at radius 3 is 2.35 bits per heavy atom. The van der Waals surface area contributed by atoms with E-state index in [4.69, 9.17) is 15.5 Å². The van der Waals surface area contributed by atoms with Crippen LogP contribution in [0, 0.1) is 0 Å². The topological polar surface area (TPSA) is 111 Å². The second kappa shape index (κ2) is 7.64. The lowest BCUT2D eigenvalue weighted by molar-refractivity contribution is 0.583. The van der Waals surface area contributed by atoms with E-state index in [1.807, 2.05) is 6.07 Å². The Morgan fingerprint density at radius 2 is 1.85 bits per heavy atom. The van der Waals surface area contributed by atoms with Gasteiger partial charge in [0.2, 0.25) is 0 Å². The molecule has 0 bridgehead atoms. The first-order chi connectivity index (χ1) is 9.67. The van der Waals surface area contributed by atoms with Crippen molar-refractivity contribution in [3.8, 4) is 0 Å². The monoisotopic (exact) mass is 292 g/mol. The number of hydrogen-bond acceptors (Lipinski definition) is 3. The van der Waals surface area contributed by atoms with Crippen LogP contribution in [0.3, 0.4) is 0 Å². The molecule has 0 aliphatic heterocycles. The summed E-state index contributed by atoms with van der Waals surface area (Å²) in [6.45, 7) is 6.71. The third-order valence-electron chi connectivity index (χ3n) is 4.07. The predicted molar refractivity (Wildman–Crippen MR) is 81.4 cm³/mol. The summed E-state index contributed by atoms with van der Waals surface area (Å²) in [5.41, 5.74) is 17.8. The summed E-state index contributed by atoms with van der Waals surface area (Å²) in [5, 5.41) is 8.20. The molecule has 20 heavy (non-hydrogen) atoms. The van der Waals surface area contributed by atoms with E-state index >= 15 is 0 Å². The first-order valence-electron chi connectivity index (χ1n) is 6.81. The molecule has 1 aromatic rings. The Hall–Kier alpha value is -1.88. The molecule has 0 saturated heterocycles. The minimum absolute atomic E-state index is 0.110. The van der Waals surface area contributed by atoms with Gasteiger partial charge in [-0.1, -0.05) is 49.1 Å². The van der Waals surface area contributed by atoms with E-state index in [9.17, 15) is 0 Å². The maximum Gasteiger partial charge on any atom is 0.131 e. The molecule has 1 atom stereocenters. The fraction of sp³-hybridized carbons (Fsp3) is 0.667. The number of rotatable bonds is 8. The van der Waals surface area contributed by atoms with Gasteiger partial charge in [0, 0.05) is 16.4 Å². The summed E-state index contributed by atoms with van der Waals surface area (Å²) in [4.78, 5) is 5.52. The number of hydrogen-bond donors (Lipinski definition) is 0. The van der Waals surface area contributed by atoms with Gasteiger partial charge < -0.3 is 4.42 Å². The maximum atomic E-state index is 8.60. The molecule has 1 aromatic heterocycles. The zero-order valence-electron chi connectivity index (χ0n) is 12.2. The van der Waals surface area contributed by atoms with E-state index in [0.29, 0.717) is 0 Å². The first-order valence-corrected chi connectivity index (χ1v) is 9.43. The molecule has 0 aromatic carbocycles. The number of furan rings is 1. The molecule has 1 rings (SSSR count). The van der Waals surface area contributed by atoms with Crippen LogP contribution < -0.4 is 5.38 Å². The first kappa shape index (κ1) is 16.2. The van der Waals surface area contributed by atoms with Gasteiger partial charge in [0.05, 0.1) is 17.7 Å². The summed E-state index contributed by atoms with van der Waals surface area (Å²) in [6, 6.07) is 4.85. The van der Waals surface area contributed by atoms with Gasteiger partial charge >= 0.3 is 0 Å². The lowest BCUT2D eigenvalue weighted by Gasteiger charge is -2.24. The summed E-state index contributed by atoms with van der Waals surface area (Å²) < 4.78 is 5.75. The van der Waals surface area contributed by atoms with Crippen LogP contribution in [0.4, 0.5) is 0 Å². The third kappa shape index (κ3) is 3.36.